The molecule has 0 aromatic heterocycles. The van der Waals surface area contributed by atoms with Crippen molar-refractivity contribution in [3.8, 4) is 5.75 Å². The van der Waals surface area contributed by atoms with Crippen LogP contribution in [0.1, 0.15) is 119 Å². The van der Waals surface area contributed by atoms with Crippen molar-refractivity contribution in [1.82, 2.24) is 0 Å². The molecule has 202 valence electrons. The number of hydrogen-bond donors (Lipinski definition) is 0. The second kappa shape index (κ2) is 14.1. The summed E-state index contributed by atoms with van der Waals surface area (Å²) < 4.78 is 34.5. The van der Waals surface area contributed by atoms with E-state index >= 15 is 0 Å². The van der Waals surface area contributed by atoms with Gasteiger partial charge in [-0.15, -0.1) is 0 Å². The molecule has 0 saturated heterocycles. The Morgan fingerprint density at radius 1 is 0.784 bits per heavy atom. The monoisotopic (exact) mass is 508 g/mol. The molecule has 0 N–H and O–H groups in total. The lowest BCUT2D eigenvalue weighted by molar-refractivity contribution is 0.288. The molecule has 4 rings (SSSR count). The molecule has 2 aliphatic rings. The van der Waals surface area contributed by atoms with Crippen LogP contribution < -0.4 is 4.74 Å². The number of halogens is 2. The Morgan fingerprint density at radius 3 is 2.16 bits per heavy atom. The number of aryl methyl sites for hydroxylation is 1. The fraction of sp³-hybridized carbons (Fsp3) is 0.588. The largest absolute Gasteiger partial charge is 0.490 e. The third kappa shape index (κ3) is 7.68. The molecule has 0 atom stereocenters. The summed E-state index contributed by atoms with van der Waals surface area (Å²) in [6.45, 7) is 4.60. The summed E-state index contributed by atoms with van der Waals surface area (Å²) in [5, 5.41) is 0. The van der Waals surface area contributed by atoms with Crippen LogP contribution in [0.3, 0.4) is 0 Å². The molecule has 2 aliphatic carbocycles. The Balaban J connectivity index is 1.15. The average molecular weight is 509 g/mol. The lowest BCUT2D eigenvalue weighted by Gasteiger charge is -2.29. The van der Waals surface area contributed by atoms with E-state index in [9.17, 15) is 8.78 Å². The standard InChI is InChI=1S/C34H46F2O/c1-3-7-25-10-16-28(17-11-25)29-18-12-26(13-19-29)8-5-6-9-27-14-20-30(21-15-27)31-22-23-32(37-24-4-2)34(36)33(31)35/h5,8,10-11,16-17,22-23,26-27,29-30H,3-4,6-7,9,12-15,18-21,24H2,1-2H3. The zero-order valence-corrected chi connectivity index (χ0v) is 23.0. The molecule has 2 saturated carbocycles. The van der Waals surface area contributed by atoms with Crippen LogP contribution in [0.15, 0.2) is 48.6 Å². The van der Waals surface area contributed by atoms with Crippen molar-refractivity contribution in [2.75, 3.05) is 6.61 Å². The highest BCUT2D eigenvalue weighted by Gasteiger charge is 2.26. The van der Waals surface area contributed by atoms with Crippen LogP contribution in [-0.4, -0.2) is 6.61 Å². The normalized spacial score (nSPS) is 24.4. The number of rotatable bonds is 11. The molecule has 0 heterocycles. The molecule has 3 heteroatoms. The lowest BCUT2D eigenvalue weighted by atomic mass is 9.76. The van der Waals surface area contributed by atoms with Gasteiger partial charge in [0.25, 0.3) is 0 Å². The fourth-order valence-electron chi connectivity index (χ4n) is 6.46. The SMILES string of the molecule is CCCOc1ccc(C2CCC(CCC=CC3CCC(c4ccc(CCC)cc4)CC3)CC2)c(F)c1F. The summed E-state index contributed by atoms with van der Waals surface area (Å²) in [6.07, 6.45) is 19.7. The zero-order chi connectivity index (χ0) is 26.0. The van der Waals surface area contributed by atoms with E-state index in [2.05, 4.69) is 43.3 Å². The maximum Gasteiger partial charge on any atom is 0.200 e. The predicted octanol–water partition coefficient (Wildman–Crippen LogP) is 10.3. The highest BCUT2D eigenvalue weighted by Crippen LogP contribution is 2.40. The predicted molar refractivity (Wildman–Crippen MR) is 150 cm³/mol. The van der Waals surface area contributed by atoms with Gasteiger partial charge in [-0.2, -0.15) is 4.39 Å². The molecule has 1 nitrogen and oxygen atoms in total. The van der Waals surface area contributed by atoms with Gasteiger partial charge in [0.1, 0.15) is 0 Å². The maximum absolute atomic E-state index is 14.7. The summed E-state index contributed by atoms with van der Waals surface area (Å²) in [5.41, 5.74) is 3.53. The van der Waals surface area contributed by atoms with Crippen molar-refractivity contribution in [3.05, 3.63) is 76.9 Å². The average Bonchev–Trinajstić information content (AvgIpc) is 2.93. The minimum Gasteiger partial charge on any atom is -0.490 e. The maximum atomic E-state index is 14.7. The van der Waals surface area contributed by atoms with E-state index in [1.54, 1.807) is 12.1 Å². The summed E-state index contributed by atoms with van der Waals surface area (Å²) in [7, 11) is 0. The quantitative estimate of drug-likeness (QED) is 0.274. The van der Waals surface area contributed by atoms with Crippen LogP contribution in [0.4, 0.5) is 8.78 Å². The van der Waals surface area contributed by atoms with Crippen LogP contribution in [0.2, 0.25) is 0 Å². The first-order chi connectivity index (χ1) is 18.1. The molecule has 0 bridgehead atoms. The third-order valence-corrected chi connectivity index (χ3v) is 8.74. The Morgan fingerprint density at radius 2 is 1.49 bits per heavy atom. The van der Waals surface area contributed by atoms with E-state index in [4.69, 9.17) is 4.74 Å². The minimum absolute atomic E-state index is 0.0399. The first-order valence-electron chi connectivity index (χ1n) is 14.9. The van der Waals surface area contributed by atoms with Gasteiger partial charge in [-0.3, -0.25) is 0 Å². The van der Waals surface area contributed by atoms with Gasteiger partial charge >= 0.3 is 0 Å². The highest BCUT2D eigenvalue weighted by molar-refractivity contribution is 5.33. The first-order valence-corrected chi connectivity index (χ1v) is 14.9. The van der Waals surface area contributed by atoms with Crippen molar-refractivity contribution >= 4 is 0 Å². The van der Waals surface area contributed by atoms with Crippen LogP contribution in [-0.2, 0) is 6.42 Å². The molecule has 0 unspecified atom stereocenters. The summed E-state index contributed by atoms with van der Waals surface area (Å²) >= 11 is 0. The van der Waals surface area contributed by atoms with E-state index in [0.717, 1.165) is 50.4 Å². The van der Waals surface area contributed by atoms with E-state index in [0.29, 0.717) is 18.1 Å². The molecule has 0 radical (unpaired) electrons. The summed E-state index contributed by atoms with van der Waals surface area (Å²) in [6, 6.07) is 12.7. The Hall–Kier alpha value is -2.16. The summed E-state index contributed by atoms with van der Waals surface area (Å²) in [5.74, 6) is 0.799. The Kier molecular flexibility index (Phi) is 10.6. The molecular weight excluding hydrogens is 462 g/mol. The number of benzene rings is 2. The van der Waals surface area contributed by atoms with Gasteiger partial charge in [0.2, 0.25) is 5.82 Å². The Bertz CT molecular complexity index is 980. The first kappa shape index (κ1) is 27.9. The van der Waals surface area contributed by atoms with Crippen molar-refractivity contribution in [2.45, 2.75) is 109 Å². The zero-order valence-electron chi connectivity index (χ0n) is 23.0. The molecular formula is C34H46F2O. The van der Waals surface area contributed by atoms with Gasteiger partial charge in [0, 0.05) is 0 Å². The van der Waals surface area contributed by atoms with Gasteiger partial charge in [-0.1, -0.05) is 62.8 Å². The molecule has 37 heavy (non-hydrogen) atoms. The molecule has 0 amide bonds. The molecule has 0 spiro atoms. The topological polar surface area (TPSA) is 9.23 Å². The fourth-order valence-corrected chi connectivity index (χ4v) is 6.46. The second-order valence-corrected chi connectivity index (χ2v) is 11.5. The number of hydrogen-bond acceptors (Lipinski definition) is 1. The van der Waals surface area contributed by atoms with Gasteiger partial charge < -0.3 is 4.74 Å². The van der Waals surface area contributed by atoms with Crippen molar-refractivity contribution in [1.29, 1.82) is 0 Å². The van der Waals surface area contributed by atoms with Crippen molar-refractivity contribution in [2.24, 2.45) is 11.8 Å². The third-order valence-electron chi connectivity index (χ3n) is 8.74. The van der Waals surface area contributed by atoms with Crippen molar-refractivity contribution in [3.63, 3.8) is 0 Å². The molecule has 2 aromatic carbocycles. The summed E-state index contributed by atoms with van der Waals surface area (Å²) in [4.78, 5) is 0. The van der Waals surface area contributed by atoms with Gasteiger partial charge in [0.15, 0.2) is 11.6 Å². The number of ether oxygens (including phenoxy) is 1. The van der Waals surface area contributed by atoms with E-state index in [-0.39, 0.29) is 11.7 Å². The van der Waals surface area contributed by atoms with Crippen LogP contribution in [0.25, 0.3) is 0 Å². The van der Waals surface area contributed by atoms with E-state index in [1.165, 1.54) is 56.1 Å². The molecule has 2 aromatic rings. The van der Waals surface area contributed by atoms with Crippen molar-refractivity contribution < 1.29 is 13.5 Å². The molecule has 0 aliphatic heterocycles. The van der Waals surface area contributed by atoms with Crippen LogP contribution in [0.5, 0.6) is 5.75 Å². The smallest absolute Gasteiger partial charge is 0.200 e. The molecule has 2 fully saturated rings. The second-order valence-electron chi connectivity index (χ2n) is 11.5. The minimum atomic E-state index is -0.822. The number of allylic oxidation sites excluding steroid dienone is 2. The van der Waals surface area contributed by atoms with Gasteiger partial charge in [0.05, 0.1) is 6.61 Å². The van der Waals surface area contributed by atoms with E-state index in [1.807, 2.05) is 6.92 Å². The van der Waals surface area contributed by atoms with Crippen LogP contribution in [0, 0.1) is 23.5 Å². The van der Waals surface area contributed by atoms with Gasteiger partial charge in [-0.25, -0.2) is 4.39 Å². The van der Waals surface area contributed by atoms with Crippen LogP contribution >= 0.6 is 0 Å². The Labute approximate surface area is 223 Å². The highest BCUT2D eigenvalue weighted by atomic mass is 19.2. The van der Waals surface area contributed by atoms with E-state index < -0.39 is 11.6 Å². The van der Waals surface area contributed by atoms with Gasteiger partial charge in [-0.05, 0) is 123 Å². The lowest BCUT2D eigenvalue weighted by Crippen LogP contribution is -2.15.